The number of hydrogen-bond donors (Lipinski definition) is 2. The molecule has 230 valence electrons. The standard InChI is InChI=1S/C33H46N2O7/c1-22(36)33(5)21-35(17-26(33)25-14-15-28(39-6)29(16-25)41-19-24-12-13-24)30(37)27(34-31(38)42-32(2,3)4)20-40-18-23-10-8-7-9-11-23/h7-11,14-16,22,24,26-27,36H,12-13,17-21H2,1-6H3,(H,34,38)/t22-,26+,27-,33?/m1/s1. The Hall–Kier alpha value is -3.30. The van der Waals surface area contributed by atoms with Crippen molar-refractivity contribution < 1.29 is 33.6 Å². The van der Waals surface area contributed by atoms with Gasteiger partial charge in [-0.05, 0) is 69.7 Å². The van der Waals surface area contributed by atoms with E-state index in [4.69, 9.17) is 18.9 Å². The van der Waals surface area contributed by atoms with Crippen LogP contribution in [0, 0.1) is 11.3 Å². The molecule has 0 aromatic heterocycles. The minimum Gasteiger partial charge on any atom is -0.493 e. The van der Waals surface area contributed by atoms with E-state index in [2.05, 4.69) is 5.32 Å². The lowest BCUT2D eigenvalue weighted by Crippen LogP contribution is -2.52. The number of carbonyl (C=O) groups is 2. The molecule has 1 aliphatic carbocycles. The Labute approximate surface area is 249 Å². The summed E-state index contributed by atoms with van der Waals surface area (Å²) in [7, 11) is 1.62. The van der Waals surface area contributed by atoms with Crippen molar-refractivity contribution in [3.05, 3.63) is 59.7 Å². The molecular formula is C33H46N2O7. The van der Waals surface area contributed by atoms with Crippen LogP contribution < -0.4 is 14.8 Å². The van der Waals surface area contributed by atoms with Crippen LogP contribution in [-0.4, -0.2) is 73.2 Å². The van der Waals surface area contributed by atoms with Gasteiger partial charge in [0, 0.05) is 24.4 Å². The number of ether oxygens (including phenoxy) is 4. The van der Waals surface area contributed by atoms with E-state index in [0.29, 0.717) is 43.7 Å². The van der Waals surface area contributed by atoms with E-state index in [9.17, 15) is 14.7 Å². The number of aliphatic hydroxyl groups is 1. The molecule has 2 aliphatic rings. The second-order valence-corrected chi connectivity index (χ2v) is 12.8. The average molecular weight is 583 g/mol. The third-order valence-electron chi connectivity index (χ3n) is 8.14. The van der Waals surface area contributed by atoms with Crippen LogP contribution in [0.3, 0.4) is 0 Å². The number of likely N-dealkylation sites (tertiary alicyclic amines) is 1. The molecule has 1 saturated carbocycles. The lowest BCUT2D eigenvalue weighted by Gasteiger charge is -2.34. The molecule has 1 unspecified atom stereocenters. The van der Waals surface area contributed by atoms with Crippen molar-refractivity contribution in [1.29, 1.82) is 0 Å². The molecule has 1 heterocycles. The van der Waals surface area contributed by atoms with Gasteiger partial charge in [0.25, 0.3) is 0 Å². The Morgan fingerprint density at radius 1 is 1.12 bits per heavy atom. The third-order valence-corrected chi connectivity index (χ3v) is 8.14. The van der Waals surface area contributed by atoms with E-state index in [0.717, 1.165) is 11.1 Å². The number of amides is 2. The maximum Gasteiger partial charge on any atom is 0.408 e. The van der Waals surface area contributed by atoms with Gasteiger partial charge in [-0.1, -0.05) is 43.3 Å². The number of carbonyl (C=O) groups excluding carboxylic acids is 2. The summed E-state index contributed by atoms with van der Waals surface area (Å²) in [6, 6.07) is 14.5. The van der Waals surface area contributed by atoms with Crippen molar-refractivity contribution in [3.8, 4) is 11.5 Å². The number of aliphatic hydroxyl groups excluding tert-OH is 1. The maximum absolute atomic E-state index is 14.0. The Bertz CT molecular complexity index is 1210. The highest BCUT2D eigenvalue weighted by Gasteiger charge is 2.49. The monoisotopic (exact) mass is 582 g/mol. The first kappa shape index (κ1) is 31.6. The lowest BCUT2D eigenvalue weighted by molar-refractivity contribution is -0.134. The summed E-state index contributed by atoms with van der Waals surface area (Å²) in [4.78, 5) is 28.4. The van der Waals surface area contributed by atoms with E-state index >= 15 is 0 Å². The molecule has 9 nitrogen and oxygen atoms in total. The zero-order chi connectivity index (χ0) is 30.5. The van der Waals surface area contributed by atoms with Crippen molar-refractivity contribution in [2.45, 2.75) is 77.7 Å². The molecule has 0 bridgehead atoms. The largest absolute Gasteiger partial charge is 0.493 e. The van der Waals surface area contributed by atoms with Crippen LogP contribution in [0.25, 0.3) is 0 Å². The highest BCUT2D eigenvalue weighted by atomic mass is 16.6. The van der Waals surface area contributed by atoms with Crippen LogP contribution >= 0.6 is 0 Å². The summed E-state index contributed by atoms with van der Waals surface area (Å²) in [5.74, 6) is 1.43. The van der Waals surface area contributed by atoms with Gasteiger partial charge < -0.3 is 34.3 Å². The van der Waals surface area contributed by atoms with Crippen LogP contribution in [0.2, 0.25) is 0 Å². The van der Waals surface area contributed by atoms with Crippen LogP contribution in [0.15, 0.2) is 48.5 Å². The van der Waals surface area contributed by atoms with Gasteiger partial charge in [-0.2, -0.15) is 0 Å². The Kier molecular flexibility index (Phi) is 10.0. The van der Waals surface area contributed by atoms with Crippen molar-refractivity contribution in [2.75, 3.05) is 33.4 Å². The molecular weight excluding hydrogens is 536 g/mol. The number of nitrogens with zero attached hydrogens (tertiary/aromatic N) is 1. The predicted molar refractivity (Wildman–Crippen MR) is 160 cm³/mol. The van der Waals surface area contributed by atoms with E-state index in [1.165, 1.54) is 12.8 Å². The van der Waals surface area contributed by atoms with Gasteiger partial charge in [-0.15, -0.1) is 0 Å². The van der Waals surface area contributed by atoms with Gasteiger partial charge >= 0.3 is 6.09 Å². The molecule has 2 amide bonds. The highest BCUT2D eigenvalue weighted by Crippen LogP contribution is 2.47. The van der Waals surface area contributed by atoms with E-state index in [-0.39, 0.29) is 18.4 Å². The van der Waals surface area contributed by atoms with Crippen LogP contribution in [0.1, 0.15) is 64.5 Å². The SMILES string of the molecule is COc1ccc([C@@H]2CN(C(=O)[C@@H](COCc3ccccc3)NC(=O)OC(C)(C)C)CC2(C)[C@@H](C)O)cc1OCC1CC1. The predicted octanol–water partition coefficient (Wildman–Crippen LogP) is 4.91. The molecule has 1 aliphatic heterocycles. The minimum absolute atomic E-state index is 0.0266. The molecule has 2 fully saturated rings. The number of benzene rings is 2. The first-order valence-corrected chi connectivity index (χ1v) is 14.8. The quantitative estimate of drug-likeness (QED) is 0.366. The van der Waals surface area contributed by atoms with E-state index in [1.807, 2.05) is 55.5 Å². The van der Waals surface area contributed by atoms with Gasteiger partial charge in [0.1, 0.15) is 11.6 Å². The van der Waals surface area contributed by atoms with Crippen LogP contribution in [-0.2, 0) is 20.9 Å². The Morgan fingerprint density at radius 3 is 2.45 bits per heavy atom. The Morgan fingerprint density at radius 2 is 1.83 bits per heavy atom. The molecule has 9 heteroatoms. The van der Waals surface area contributed by atoms with Gasteiger partial charge in [-0.25, -0.2) is 4.79 Å². The fraction of sp³-hybridized carbons (Fsp3) is 0.576. The topological polar surface area (TPSA) is 107 Å². The first-order chi connectivity index (χ1) is 19.9. The summed E-state index contributed by atoms with van der Waals surface area (Å²) >= 11 is 0. The molecule has 0 radical (unpaired) electrons. The van der Waals surface area contributed by atoms with E-state index < -0.39 is 29.3 Å². The molecule has 2 aromatic carbocycles. The lowest BCUT2D eigenvalue weighted by atomic mass is 9.72. The second-order valence-electron chi connectivity index (χ2n) is 12.8. The van der Waals surface area contributed by atoms with Crippen molar-refractivity contribution in [1.82, 2.24) is 10.2 Å². The molecule has 2 aromatic rings. The maximum atomic E-state index is 14.0. The van der Waals surface area contributed by atoms with Crippen molar-refractivity contribution >= 4 is 12.0 Å². The van der Waals surface area contributed by atoms with Crippen LogP contribution in [0.5, 0.6) is 11.5 Å². The summed E-state index contributed by atoms with van der Waals surface area (Å²) in [6.07, 6.45) is 0.959. The molecule has 4 atom stereocenters. The molecule has 4 rings (SSSR count). The number of hydrogen-bond acceptors (Lipinski definition) is 7. The average Bonchev–Trinajstić information content (AvgIpc) is 3.70. The molecule has 42 heavy (non-hydrogen) atoms. The summed E-state index contributed by atoms with van der Waals surface area (Å²) in [5.41, 5.74) is 0.555. The fourth-order valence-corrected chi connectivity index (χ4v) is 5.32. The van der Waals surface area contributed by atoms with Gasteiger partial charge in [0.2, 0.25) is 5.91 Å². The van der Waals surface area contributed by atoms with Crippen molar-refractivity contribution in [3.63, 3.8) is 0 Å². The Balaban J connectivity index is 1.54. The normalized spacial score (nSPS) is 21.9. The second kappa shape index (κ2) is 13.3. The van der Waals surface area contributed by atoms with E-state index in [1.54, 1.807) is 39.7 Å². The first-order valence-electron chi connectivity index (χ1n) is 14.8. The zero-order valence-corrected chi connectivity index (χ0v) is 25.7. The molecule has 0 spiro atoms. The minimum atomic E-state index is -0.964. The zero-order valence-electron chi connectivity index (χ0n) is 25.7. The summed E-state index contributed by atoms with van der Waals surface area (Å²) in [6.45, 7) is 10.6. The van der Waals surface area contributed by atoms with Crippen LogP contribution in [0.4, 0.5) is 4.79 Å². The van der Waals surface area contributed by atoms with Crippen molar-refractivity contribution in [2.24, 2.45) is 11.3 Å². The number of rotatable bonds is 12. The number of nitrogens with one attached hydrogen (secondary N) is 1. The fourth-order valence-electron chi connectivity index (χ4n) is 5.32. The molecule has 2 N–H and O–H groups in total. The number of alkyl carbamates (subject to hydrolysis) is 1. The van der Waals surface area contributed by atoms with Gasteiger partial charge in [0.05, 0.1) is 33.0 Å². The smallest absolute Gasteiger partial charge is 0.408 e. The van der Waals surface area contributed by atoms with Gasteiger partial charge in [-0.3, -0.25) is 4.79 Å². The highest BCUT2D eigenvalue weighted by molar-refractivity contribution is 5.86. The van der Waals surface area contributed by atoms with Gasteiger partial charge in [0.15, 0.2) is 11.5 Å². The number of methoxy groups -OCH3 is 1. The summed E-state index contributed by atoms with van der Waals surface area (Å²) < 4.78 is 23.0. The molecule has 1 saturated heterocycles. The summed E-state index contributed by atoms with van der Waals surface area (Å²) in [5, 5.41) is 13.7. The third kappa shape index (κ3) is 8.16.